The van der Waals surface area contributed by atoms with Crippen LogP contribution in [-0.4, -0.2) is 47.7 Å². The first kappa shape index (κ1) is 27.2. The molecule has 2 aromatic heterocycles. The van der Waals surface area contributed by atoms with Gasteiger partial charge in [0, 0.05) is 48.9 Å². The Hall–Kier alpha value is -2.89. The van der Waals surface area contributed by atoms with Gasteiger partial charge >= 0.3 is 12.4 Å². The van der Waals surface area contributed by atoms with Crippen molar-refractivity contribution in [2.45, 2.75) is 63.8 Å². The number of nitrogens with zero attached hydrogens (tertiary/aromatic N) is 3. The number of alkyl halides is 6. The molecule has 2 aromatic rings. The quantitative estimate of drug-likeness (QED) is 0.466. The van der Waals surface area contributed by atoms with Gasteiger partial charge in [-0.25, -0.2) is 9.97 Å². The molecular weight excluding hydrogens is 500 g/mol. The van der Waals surface area contributed by atoms with Crippen LogP contribution >= 0.6 is 0 Å². The van der Waals surface area contributed by atoms with Crippen LogP contribution in [0.1, 0.15) is 56.6 Å². The van der Waals surface area contributed by atoms with E-state index in [9.17, 15) is 31.1 Å². The van der Waals surface area contributed by atoms with Gasteiger partial charge in [0.05, 0.1) is 17.2 Å². The van der Waals surface area contributed by atoms with E-state index >= 15 is 0 Å². The fourth-order valence-electron chi connectivity index (χ4n) is 4.68. The molecule has 1 saturated heterocycles. The summed E-state index contributed by atoms with van der Waals surface area (Å²) < 4.78 is 83.7. The maximum absolute atomic E-state index is 14.0. The van der Waals surface area contributed by atoms with Crippen molar-refractivity contribution in [1.29, 1.82) is 0 Å². The Balaban J connectivity index is 1.88. The van der Waals surface area contributed by atoms with Gasteiger partial charge in [-0.15, -0.1) is 0 Å². The lowest BCUT2D eigenvalue weighted by atomic mass is 9.84. The predicted molar refractivity (Wildman–Crippen MR) is 127 cm³/mol. The van der Waals surface area contributed by atoms with E-state index in [-0.39, 0.29) is 34.9 Å². The van der Waals surface area contributed by atoms with Gasteiger partial charge in [-0.2, -0.15) is 26.3 Å². The molecule has 0 spiro atoms. The number of anilines is 2. The lowest BCUT2D eigenvalue weighted by Crippen LogP contribution is -2.51. The molecule has 1 aliphatic heterocycles. The van der Waals surface area contributed by atoms with Crippen molar-refractivity contribution in [3.05, 3.63) is 35.5 Å². The fourth-order valence-corrected chi connectivity index (χ4v) is 4.68. The van der Waals surface area contributed by atoms with Gasteiger partial charge in [-0.05, 0) is 44.4 Å². The van der Waals surface area contributed by atoms with Crippen LogP contribution in [0.3, 0.4) is 0 Å². The molecule has 3 heterocycles. The smallest absolute Gasteiger partial charge is 0.351 e. The number of carbonyl (C=O) groups excluding carboxylic acids is 1. The zero-order chi connectivity index (χ0) is 27.0. The number of hydrogen-bond donors (Lipinski definition) is 2. The van der Waals surface area contributed by atoms with Crippen LogP contribution in [0.15, 0.2) is 24.4 Å². The van der Waals surface area contributed by atoms with Gasteiger partial charge in [0.25, 0.3) is 0 Å². The Labute approximate surface area is 210 Å². The molecule has 4 rings (SSSR count). The topological polar surface area (TPSA) is 70.2 Å². The second-order valence-corrected chi connectivity index (χ2v) is 9.56. The number of rotatable bonds is 6. The number of pyridine rings is 2. The monoisotopic (exact) mass is 529 g/mol. The highest BCUT2D eigenvalue weighted by atomic mass is 19.4. The molecule has 6 nitrogen and oxygen atoms in total. The number of halogens is 6. The molecule has 37 heavy (non-hydrogen) atoms. The summed E-state index contributed by atoms with van der Waals surface area (Å²) in [6, 6.07) is 2.79. The zero-order valence-corrected chi connectivity index (χ0v) is 20.5. The predicted octanol–water partition coefficient (Wildman–Crippen LogP) is 5.76. The number of amides is 1. The van der Waals surface area contributed by atoms with Gasteiger partial charge in [-0.3, -0.25) is 4.79 Å². The normalized spacial score (nSPS) is 19.9. The van der Waals surface area contributed by atoms with Crippen LogP contribution in [-0.2, 0) is 11.0 Å². The van der Waals surface area contributed by atoms with Crippen molar-refractivity contribution in [3.8, 4) is 11.3 Å². The molecule has 12 heteroatoms. The molecule has 1 saturated carbocycles. The Morgan fingerprint density at radius 3 is 2.54 bits per heavy atom. The number of aromatic nitrogens is 2. The molecule has 2 N–H and O–H groups in total. The van der Waals surface area contributed by atoms with Gasteiger partial charge in [0.2, 0.25) is 5.91 Å². The number of carbonyl (C=O) groups is 1. The lowest BCUT2D eigenvalue weighted by molar-refractivity contribution is -0.146. The van der Waals surface area contributed by atoms with Crippen molar-refractivity contribution in [3.63, 3.8) is 0 Å². The van der Waals surface area contributed by atoms with Crippen LogP contribution in [0.5, 0.6) is 0 Å². The van der Waals surface area contributed by atoms with E-state index in [1.165, 1.54) is 12.3 Å². The number of hydrogen-bond acceptors (Lipinski definition) is 5. The van der Waals surface area contributed by atoms with Crippen LogP contribution in [0.2, 0.25) is 0 Å². The summed E-state index contributed by atoms with van der Waals surface area (Å²) in [6.07, 6.45) is -5.56. The van der Waals surface area contributed by atoms with Gasteiger partial charge in [0.1, 0.15) is 11.6 Å². The third kappa shape index (κ3) is 5.83. The molecule has 202 valence electrons. The highest BCUT2D eigenvalue weighted by molar-refractivity contribution is 5.94. The van der Waals surface area contributed by atoms with E-state index < -0.39 is 35.3 Å². The van der Waals surface area contributed by atoms with Crippen molar-refractivity contribution < 1.29 is 31.1 Å². The minimum Gasteiger partial charge on any atom is -0.351 e. The van der Waals surface area contributed by atoms with Crippen molar-refractivity contribution in [2.75, 3.05) is 29.9 Å². The van der Waals surface area contributed by atoms with E-state index in [1.54, 1.807) is 4.90 Å². The lowest BCUT2D eigenvalue weighted by Gasteiger charge is -2.37. The van der Waals surface area contributed by atoms with Crippen molar-refractivity contribution in [2.24, 2.45) is 5.92 Å². The molecule has 2 atom stereocenters. The summed E-state index contributed by atoms with van der Waals surface area (Å²) in [5.41, 5.74) is -1.83. The SMILES string of the molecule is CCC1CNCCN1c1cc(C(F)(F)F)cc(-c2ccnc(NC(=O)C3CCC3)c2C(C)C(F)(F)F)n1. The Morgan fingerprint density at radius 1 is 1.22 bits per heavy atom. The minimum absolute atomic E-state index is 0.0423. The highest BCUT2D eigenvalue weighted by Gasteiger charge is 2.41. The average molecular weight is 530 g/mol. The highest BCUT2D eigenvalue weighted by Crippen LogP contribution is 2.44. The first-order valence-corrected chi connectivity index (χ1v) is 12.3. The van der Waals surface area contributed by atoms with E-state index in [1.807, 2.05) is 6.92 Å². The maximum Gasteiger partial charge on any atom is 0.416 e. The third-order valence-corrected chi connectivity index (χ3v) is 7.16. The van der Waals surface area contributed by atoms with E-state index in [4.69, 9.17) is 0 Å². The van der Waals surface area contributed by atoms with Crippen LogP contribution < -0.4 is 15.5 Å². The third-order valence-electron chi connectivity index (χ3n) is 7.16. The molecule has 0 radical (unpaired) electrons. The van der Waals surface area contributed by atoms with Gasteiger partial charge < -0.3 is 15.5 Å². The number of nitrogens with one attached hydrogen (secondary N) is 2. The fraction of sp³-hybridized carbons (Fsp3) is 0.560. The molecule has 1 amide bonds. The van der Waals surface area contributed by atoms with E-state index in [0.717, 1.165) is 25.5 Å². The molecule has 2 unspecified atom stereocenters. The summed E-state index contributed by atoms with van der Waals surface area (Å²) in [6.45, 7) is 4.29. The second kappa shape index (κ2) is 10.5. The van der Waals surface area contributed by atoms with Gasteiger partial charge in [-0.1, -0.05) is 13.3 Å². The summed E-state index contributed by atoms with van der Waals surface area (Å²) in [5, 5.41) is 5.69. The molecular formula is C25H29F6N5O. The first-order valence-electron chi connectivity index (χ1n) is 12.3. The second-order valence-electron chi connectivity index (χ2n) is 9.56. The zero-order valence-electron chi connectivity index (χ0n) is 20.5. The summed E-state index contributed by atoms with van der Waals surface area (Å²) in [4.78, 5) is 22.8. The molecule has 0 bridgehead atoms. The molecule has 0 aromatic carbocycles. The van der Waals surface area contributed by atoms with E-state index in [2.05, 4.69) is 20.6 Å². The molecule has 1 aliphatic carbocycles. The van der Waals surface area contributed by atoms with Crippen LogP contribution in [0, 0.1) is 5.92 Å². The summed E-state index contributed by atoms with van der Waals surface area (Å²) in [5.74, 6) is -3.16. The van der Waals surface area contributed by atoms with Crippen LogP contribution in [0.4, 0.5) is 38.0 Å². The minimum atomic E-state index is -4.74. The number of piperazine rings is 1. The Kier molecular flexibility index (Phi) is 7.68. The maximum atomic E-state index is 14.0. The van der Waals surface area contributed by atoms with Crippen LogP contribution in [0.25, 0.3) is 11.3 Å². The average Bonchev–Trinajstić information content (AvgIpc) is 2.81. The molecule has 2 aliphatic rings. The summed E-state index contributed by atoms with van der Waals surface area (Å²) >= 11 is 0. The van der Waals surface area contributed by atoms with E-state index in [0.29, 0.717) is 38.9 Å². The standard InChI is InChI=1S/C25H29F6N5O/c1-3-17-13-32-9-10-36(17)20-12-16(25(29,30)31)11-19(34-20)18-7-8-33-22(21(18)14(2)24(26,27)28)35-23(37)15-5-4-6-15/h7-8,11-12,14-15,17,32H,3-6,9-10,13H2,1-2H3,(H,33,35,37). The first-order chi connectivity index (χ1) is 17.4. The van der Waals surface area contributed by atoms with Gasteiger partial charge in [0.15, 0.2) is 0 Å². The van der Waals surface area contributed by atoms with Crippen molar-refractivity contribution >= 4 is 17.5 Å². The molecule has 2 fully saturated rings. The largest absolute Gasteiger partial charge is 0.416 e. The Bertz CT molecular complexity index is 1130. The van der Waals surface area contributed by atoms with Crippen molar-refractivity contribution in [1.82, 2.24) is 15.3 Å². The summed E-state index contributed by atoms with van der Waals surface area (Å²) in [7, 11) is 0. The Morgan fingerprint density at radius 2 is 1.95 bits per heavy atom.